The topological polar surface area (TPSA) is 147 Å². The molecule has 2 atom stereocenters. The standard InChI is InChI=1S/C21H49NO5Si6.C13H33NOSi2.C12H35NO3Si4.4CH4/c1-28(2,3)23-32(20-16-19-22,24-29(4,5)6)27-33(25-30(7,8)9,26-31(10,11)12)21-17-14-13-15-18-21;1-6-8-11-17(4,5)12-10-15-13-16(3)14-9-7-2;1-17(2,3)14-19(7,8)16-20(9,12-10-11-13)15-18(4,5)6;;;;/h13-15,17-18H,16,19-20,22H2,1-12H3;14,16H,6-13H2,1-5H3;10-13H2,1-9H3;4*1H4. The van der Waals surface area contributed by atoms with Gasteiger partial charge in [-0.25, -0.2) is 0 Å². The highest BCUT2D eigenvalue weighted by Crippen LogP contribution is 2.34. The van der Waals surface area contributed by atoms with Gasteiger partial charge in [0.2, 0.25) is 0 Å². The molecule has 0 spiro atoms. The molecule has 0 aliphatic rings. The summed E-state index contributed by atoms with van der Waals surface area (Å²) in [7, 11) is -24.1. The van der Waals surface area contributed by atoms with Crippen LogP contribution in [0.4, 0.5) is 0 Å². The van der Waals surface area contributed by atoms with Gasteiger partial charge in [0.1, 0.15) is 8.96 Å². The van der Waals surface area contributed by atoms with E-state index in [1.165, 1.54) is 31.4 Å². The van der Waals surface area contributed by atoms with Crippen molar-refractivity contribution in [2.45, 2.75) is 257 Å². The van der Waals surface area contributed by atoms with Crippen LogP contribution in [0.3, 0.4) is 0 Å². The maximum absolute atomic E-state index is 7.29. The van der Waals surface area contributed by atoms with Gasteiger partial charge in [0.05, 0.1) is 6.23 Å². The lowest BCUT2D eigenvalue weighted by Gasteiger charge is -2.47. The predicted molar refractivity (Wildman–Crippen MR) is 363 cm³/mol. The Bertz CT molecular complexity index is 1490. The van der Waals surface area contributed by atoms with Crippen LogP contribution in [0.15, 0.2) is 30.3 Å². The van der Waals surface area contributed by atoms with Gasteiger partial charge in [0, 0.05) is 25.9 Å². The molecule has 0 saturated carbocycles. The van der Waals surface area contributed by atoms with Crippen molar-refractivity contribution in [2.75, 3.05) is 32.5 Å². The Morgan fingerprint density at radius 3 is 1.26 bits per heavy atom. The van der Waals surface area contributed by atoms with E-state index >= 15 is 0 Å². The molecule has 0 aliphatic carbocycles. The van der Waals surface area contributed by atoms with Gasteiger partial charge < -0.3 is 54.1 Å². The maximum Gasteiger partial charge on any atom is 0.508 e. The van der Waals surface area contributed by atoms with Gasteiger partial charge in [-0.2, -0.15) is 0 Å². The third kappa shape index (κ3) is 47.0. The summed E-state index contributed by atoms with van der Waals surface area (Å²) in [5.74, 6) is 0. The summed E-state index contributed by atoms with van der Waals surface area (Å²) in [6.45, 7) is 61.3. The Hall–Kier alpha value is 1.34. The number of unbranched alkanes of at least 4 members (excludes halogenated alkanes) is 1. The van der Waals surface area contributed by atoms with E-state index in [0.717, 1.165) is 43.5 Å². The average molecular weight is 1260 g/mol. The van der Waals surface area contributed by atoms with E-state index in [1.807, 2.05) is 18.2 Å². The van der Waals surface area contributed by atoms with Gasteiger partial charge in [0.15, 0.2) is 49.9 Å². The SMILES string of the molecule is C.C.C.C.CCCC[Si](C)(C)CCOC[SiH](C)NCCC.C[Si](C)(C)O[Si](C)(C)O[Si](C)(CCCN)O[Si](C)(C)C.C[Si](C)(C)O[Si](CCCN)(O[Si](C)(C)C)O[Si](O[Si](C)(C)C)(O[Si](C)(C)C)c1ccccc1. The third-order valence-electron chi connectivity index (χ3n) is 9.52. The summed E-state index contributed by atoms with van der Waals surface area (Å²) in [5.41, 5.74) is 11.7. The first kappa shape index (κ1) is 86.6. The van der Waals surface area contributed by atoms with E-state index in [9.17, 15) is 0 Å². The van der Waals surface area contributed by atoms with Crippen molar-refractivity contribution in [1.29, 1.82) is 0 Å². The summed E-state index contributed by atoms with van der Waals surface area (Å²) in [6, 6.07) is 14.7. The molecule has 0 amide bonds. The lowest BCUT2D eigenvalue weighted by molar-refractivity contribution is 0.184. The van der Waals surface area contributed by atoms with Crippen LogP contribution in [-0.2, 0) is 37.7 Å². The minimum absolute atomic E-state index is 0. The number of hydrogen-bond donors (Lipinski definition) is 3. The Balaban J connectivity index is -0.000000244. The van der Waals surface area contributed by atoms with Crippen molar-refractivity contribution in [3.63, 3.8) is 0 Å². The second kappa shape index (κ2) is 38.2. The van der Waals surface area contributed by atoms with Crippen LogP contribution in [-0.4, -0.2) is 134 Å². The molecule has 24 heteroatoms. The van der Waals surface area contributed by atoms with E-state index in [2.05, 4.69) is 188 Å². The number of hydrogen-bond acceptors (Lipinski definition) is 12. The number of nitrogens with two attached hydrogens (primary N) is 2. The highest BCUT2D eigenvalue weighted by Gasteiger charge is 2.59. The molecule has 0 radical (unpaired) electrons. The second-order valence-corrected chi connectivity index (χ2v) is 75.2. The Labute approximate surface area is 477 Å². The Morgan fingerprint density at radius 1 is 0.459 bits per heavy atom. The van der Waals surface area contributed by atoms with Gasteiger partial charge in [-0.3, -0.25) is 0 Å². The summed E-state index contributed by atoms with van der Waals surface area (Å²) in [6.07, 6.45) is 6.71. The number of ether oxygens (including phenoxy) is 1. The second-order valence-electron chi connectivity index (χ2n) is 26.4. The first-order valence-electron chi connectivity index (χ1n) is 26.8. The first-order chi connectivity index (χ1) is 31.4. The van der Waals surface area contributed by atoms with Crippen LogP contribution in [0.1, 0.15) is 75.7 Å². The molecule has 74 heavy (non-hydrogen) atoms. The zero-order chi connectivity index (χ0) is 55.2. The molecule has 0 fully saturated rings. The van der Waals surface area contributed by atoms with E-state index < -0.39 is 102 Å². The monoisotopic (exact) mass is 1260 g/mol. The van der Waals surface area contributed by atoms with Crippen LogP contribution < -0.4 is 21.6 Å². The van der Waals surface area contributed by atoms with Crippen LogP contribution in [0.2, 0.25) is 181 Å². The normalized spacial score (nSPS) is 14.3. The highest BCUT2D eigenvalue weighted by molar-refractivity contribution is 6.97. The molecule has 0 bridgehead atoms. The molecule has 1 rings (SSSR count). The molecule has 2 unspecified atom stereocenters. The van der Waals surface area contributed by atoms with Gasteiger partial charge in [0.25, 0.3) is 0 Å². The van der Waals surface area contributed by atoms with Crippen LogP contribution >= 0.6 is 0 Å². The van der Waals surface area contributed by atoms with Crippen LogP contribution in [0.5, 0.6) is 0 Å². The third-order valence-corrected chi connectivity index (χ3v) is 46.8. The van der Waals surface area contributed by atoms with Gasteiger partial charge in [-0.15, -0.1) is 0 Å². The number of benzene rings is 1. The van der Waals surface area contributed by atoms with E-state index in [-0.39, 0.29) is 29.7 Å². The van der Waals surface area contributed by atoms with Gasteiger partial charge in [-0.05, 0) is 188 Å². The van der Waals surface area contributed by atoms with E-state index in [0.29, 0.717) is 19.1 Å². The Morgan fingerprint density at radius 2 is 0.878 bits per heavy atom. The summed E-state index contributed by atoms with van der Waals surface area (Å²) in [5, 5.41) is 0.984. The zero-order valence-electron chi connectivity index (χ0n) is 50.7. The predicted octanol–water partition coefficient (Wildman–Crippen LogP) is 15.3. The lowest BCUT2D eigenvalue weighted by atomic mass is 10.4. The molecule has 0 aliphatic heterocycles. The van der Waals surface area contributed by atoms with Crippen molar-refractivity contribution in [3.8, 4) is 0 Å². The van der Waals surface area contributed by atoms with Crippen molar-refractivity contribution < 1.29 is 37.7 Å². The maximum atomic E-state index is 7.29. The minimum Gasteiger partial charge on any atom is -0.437 e. The molecule has 1 aromatic rings. The summed E-state index contributed by atoms with van der Waals surface area (Å²) < 4.78 is 60.3. The fourth-order valence-corrected chi connectivity index (χ4v) is 52.0. The number of rotatable bonds is 34. The van der Waals surface area contributed by atoms with E-state index in [1.54, 1.807) is 0 Å². The van der Waals surface area contributed by atoms with Crippen molar-refractivity contribution in [1.82, 2.24) is 4.98 Å². The van der Waals surface area contributed by atoms with E-state index in [4.69, 9.17) is 49.1 Å². The quantitative estimate of drug-likeness (QED) is 0.0446. The molecule has 5 N–H and O–H groups in total. The average Bonchev–Trinajstić information content (AvgIpc) is 3.12. The fourth-order valence-electron chi connectivity index (χ4n) is 7.67. The van der Waals surface area contributed by atoms with Crippen molar-refractivity contribution >= 4 is 107 Å². The molecule has 0 saturated heterocycles. The zero-order valence-corrected chi connectivity index (χ0v) is 62.8. The molecule has 12 nitrogen and oxygen atoms in total. The van der Waals surface area contributed by atoms with Crippen molar-refractivity contribution in [3.05, 3.63) is 30.3 Å². The van der Waals surface area contributed by atoms with Crippen LogP contribution in [0.25, 0.3) is 0 Å². The summed E-state index contributed by atoms with van der Waals surface area (Å²) in [4.78, 5) is 3.59. The Kier molecular flexibility index (Phi) is 44.7. The molecule has 0 heterocycles. The highest BCUT2D eigenvalue weighted by atomic mass is 28.5. The van der Waals surface area contributed by atoms with Crippen LogP contribution in [0, 0.1) is 0 Å². The number of nitrogens with one attached hydrogen (secondary N) is 1. The molecule has 450 valence electrons. The molecule has 0 aromatic heterocycles. The molecular weight excluding hydrogens is 1120 g/mol. The largest absolute Gasteiger partial charge is 0.508 e. The lowest BCUT2D eigenvalue weighted by Crippen LogP contribution is -2.71. The minimum atomic E-state index is -3.39. The smallest absolute Gasteiger partial charge is 0.437 e. The fraction of sp³-hybridized carbons (Fsp3) is 0.880. The van der Waals surface area contributed by atoms with Crippen molar-refractivity contribution in [2.24, 2.45) is 11.5 Å². The molecular formula is C50H133N3O9Si12. The summed E-state index contributed by atoms with van der Waals surface area (Å²) >= 11 is 0. The van der Waals surface area contributed by atoms with Gasteiger partial charge >= 0.3 is 34.7 Å². The van der Waals surface area contributed by atoms with Gasteiger partial charge in [-0.1, -0.05) is 112 Å². The molecule has 1 aromatic carbocycles. The first-order valence-corrected chi connectivity index (χ1v) is 62.2.